The Morgan fingerprint density at radius 1 is 0.828 bits per heavy atom. The van der Waals surface area contributed by atoms with E-state index in [0.29, 0.717) is 27.8 Å². The van der Waals surface area contributed by atoms with Gasteiger partial charge in [-0.1, -0.05) is 54.6 Å². The van der Waals surface area contributed by atoms with E-state index in [2.05, 4.69) is 10.2 Å². The number of benzene rings is 4. The summed E-state index contributed by atoms with van der Waals surface area (Å²) >= 11 is 0. The summed E-state index contributed by atoms with van der Waals surface area (Å²) in [5.74, 6) is -0.364. The Balaban J connectivity index is 1.97. The standard InChI is InChI=1S/C21H14N2O5S/c24-12-15-11-14-6-2-3-7-16(14)19(20(15)25)23-22-18-10-9-13-5-1-4-8-17(13)21(18)29(26,27)28/h1-12,25H,(H,26,27,28). The molecule has 0 aliphatic carbocycles. The maximum atomic E-state index is 12.0. The summed E-state index contributed by atoms with van der Waals surface area (Å²) in [6.45, 7) is 0. The highest BCUT2D eigenvalue weighted by Gasteiger charge is 2.20. The Morgan fingerprint density at radius 2 is 1.48 bits per heavy atom. The SMILES string of the molecule is O=Cc1cc2ccccc2c(N=Nc2ccc3ccccc3c2S(=O)(=O)O)c1O. The Morgan fingerprint density at radius 3 is 2.17 bits per heavy atom. The quantitative estimate of drug-likeness (QED) is 0.275. The molecule has 0 radical (unpaired) electrons. The summed E-state index contributed by atoms with van der Waals surface area (Å²) in [6, 6.07) is 18.2. The van der Waals surface area contributed by atoms with Crippen LogP contribution in [0.25, 0.3) is 21.5 Å². The number of fused-ring (bicyclic) bond motifs is 2. The van der Waals surface area contributed by atoms with Crippen LogP contribution < -0.4 is 0 Å². The third kappa shape index (κ3) is 3.35. The van der Waals surface area contributed by atoms with E-state index >= 15 is 0 Å². The van der Waals surface area contributed by atoms with E-state index < -0.39 is 10.1 Å². The van der Waals surface area contributed by atoms with Crippen LogP contribution in [0.5, 0.6) is 5.75 Å². The molecular weight excluding hydrogens is 392 g/mol. The zero-order chi connectivity index (χ0) is 20.6. The topological polar surface area (TPSA) is 116 Å². The third-order valence-electron chi connectivity index (χ3n) is 4.53. The van der Waals surface area contributed by atoms with E-state index in [0.717, 1.165) is 0 Å². The number of azo groups is 1. The van der Waals surface area contributed by atoms with Crippen LogP contribution in [0.4, 0.5) is 11.4 Å². The van der Waals surface area contributed by atoms with Crippen molar-refractivity contribution >= 4 is 49.3 Å². The second-order valence-corrected chi connectivity index (χ2v) is 7.67. The van der Waals surface area contributed by atoms with Crippen LogP contribution in [0.15, 0.2) is 81.9 Å². The summed E-state index contributed by atoms with van der Waals surface area (Å²) < 4.78 is 33.8. The second kappa shape index (κ2) is 7.08. The molecule has 0 atom stereocenters. The normalized spacial score (nSPS) is 12.0. The van der Waals surface area contributed by atoms with Gasteiger partial charge in [-0.25, -0.2) is 0 Å². The molecule has 0 saturated carbocycles. The molecule has 0 unspecified atom stereocenters. The predicted molar refractivity (Wildman–Crippen MR) is 109 cm³/mol. The van der Waals surface area contributed by atoms with Crippen molar-refractivity contribution in [1.82, 2.24) is 0 Å². The van der Waals surface area contributed by atoms with Crippen molar-refractivity contribution in [3.05, 3.63) is 72.3 Å². The van der Waals surface area contributed by atoms with Gasteiger partial charge in [0.25, 0.3) is 10.1 Å². The predicted octanol–water partition coefficient (Wildman–Crippen LogP) is 5.17. The van der Waals surface area contributed by atoms with E-state index in [9.17, 15) is 22.9 Å². The number of phenolic OH excluding ortho intramolecular Hbond substituents is 1. The molecule has 4 aromatic carbocycles. The molecule has 0 saturated heterocycles. The summed E-state index contributed by atoms with van der Waals surface area (Å²) in [6.07, 6.45) is 0.500. The molecule has 0 aliphatic rings. The van der Waals surface area contributed by atoms with E-state index in [4.69, 9.17) is 0 Å². The van der Waals surface area contributed by atoms with Crippen LogP contribution in [-0.2, 0) is 10.1 Å². The van der Waals surface area contributed by atoms with Crippen LogP contribution in [0.2, 0.25) is 0 Å². The first-order valence-corrected chi connectivity index (χ1v) is 9.95. The van der Waals surface area contributed by atoms with Gasteiger partial charge in [0.2, 0.25) is 0 Å². The van der Waals surface area contributed by atoms with E-state index in [1.165, 1.54) is 12.1 Å². The molecule has 4 aromatic rings. The number of aldehydes is 1. The zero-order valence-corrected chi connectivity index (χ0v) is 15.7. The monoisotopic (exact) mass is 406 g/mol. The number of phenols is 1. The molecule has 0 spiro atoms. The van der Waals surface area contributed by atoms with Crippen LogP contribution >= 0.6 is 0 Å². The minimum absolute atomic E-state index is 0.0275. The fourth-order valence-corrected chi connectivity index (χ4v) is 4.05. The lowest BCUT2D eigenvalue weighted by atomic mass is 10.0. The highest BCUT2D eigenvalue weighted by atomic mass is 32.2. The lowest BCUT2D eigenvalue weighted by Crippen LogP contribution is -1.99. The van der Waals surface area contributed by atoms with E-state index in [1.54, 1.807) is 54.6 Å². The Bertz CT molecular complexity index is 1410. The lowest BCUT2D eigenvalue weighted by Gasteiger charge is -2.08. The first-order valence-electron chi connectivity index (χ1n) is 8.51. The van der Waals surface area contributed by atoms with Crippen molar-refractivity contribution in [3.63, 3.8) is 0 Å². The van der Waals surface area contributed by atoms with Gasteiger partial charge in [0, 0.05) is 10.8 Å². The highest BCUT2D eigenvalue weighted by molar-refractivity contribution is 7.86. The van der Waals surface area contributed by atoms with Gasteiger partial charge in [0.1, 0.15) is 16.3 Å². The zero-order valence-electron chi connectivity index (χ0n) is 14.9. The third-order valence-corrected chi connectivity index (χ3v) is 5.47. The first-order chi connectivity index (χ1) is 13.9. The van der Waals surface area contributed by atoms with Crippen molar-refractivity contribution in [2.45, 2.75) is 4.90 Å². The van der Waals surface area contributed by atoms with Crippen molar-refractivity contribution < 1.29 is 22.9 Å². The molecule has 0 aromatic heterocycles. The minimum Gasteiger partial charge on any atom is -0.505 e. The number of carbonyl (C=O) groups excluding carboxylic acids is 1. The summed E-state index contributed by atoms with van der Waals surface area (Å²) in [7, 11) is -4.60. The number of aromatic hydroxyl groups is 1. The molecule has 0 bridgehead atoms. The minimum atomic E-state index is -4.60. The fourth-order valence-electron chi connectivity index (χ4n) is 3.21. The lowest BCUT2D eigenvalue weighted by molar-refractivity contribution is 0.112. The number of hydrogen-bond acceptors (Lipinski definition) is 6. The average molecular weight is 406 g/mol. The molecular formula is C21H14N2O5S. The number of nitrogens with zero attached hydrogens (tertiary/aromatic N) is 2. The maximum Gasteiger partial charge on any atom is 0.297 e. The fraction of sp³-hybridized carbons (Fsp3) is 0. The van der Waals surface area contributed by atoms with Gasteiger partial charge < -0.3 is 5.11 Å². The van der Waals surface area contributed by atoms with Crippen LogP contribution in [0.1, 0.15) is 10.4 Å². The van der Waals surface area contributed by atoms with Crippen molar-refractivity contribution in [2.24, 2.45) is 10.2 Å². The van der Waals surface area contributed by atoms with Gasteiger partial charge in [0.15, 0.2) is 12.0 Å². The smallest absolute Gasteiger partial charge is 0.297 e. The van der Waals surface area contributed by atoms with E-state index in [1.807, 2.05) is 0 Å². The largest absolute Gasteiger partial charge is 0.505 e. The average Bonchev–Trinajstić information content (AvgIpc) is 2.71. The molecule has 8 heteroatoms. The molecule has 0 aliphatic heterocycles. The second-order valence-electron chi connectivity index (χ2n) is 6.31. The molecule has 29 heavy (non-hydrogen) atoms. The van der Waals surface area contributed by atoms with Crippen molar-refractivity contribution in [3.8, 4) is 5.75 Å². The van der Waals surface area contributed by atoms with Crippen molar-refractivity contribution in [2.75, 3.05) is 0 Å². The molecule has 7 nitrogen and oxygen atoms in total. The number of hydrogen-bond donors (Lipinski definition) is 2. The van der Waals surface area contributed by atoms with Gasteiger partial charge in [-0.05, 0) is 22.9 Å². The van der Waals surface area contributed by atoms with Crippen LogP contribution in [-0.4, -0.2) is 24.4 Å². The molecule has 0 amide bonds. The number of rotatable bonds is 4. The molecule has 0 heterocycles. The first kappa shape index (κ1) is 18.7. The molecule has 0 fully saturated rings. The Kier molecular flexibility index (Phi) is 4.57. The summed E-state index contributed by atoms with van der Waals surface area (Å²) in [5.41, 5.74) is -0.0306. The van der Waals surface area contributed by atoms with Gasteiger partial charge >= 0.3 is 0 Å². The molecule has 144 valence electrons. The number of carbonyl (C=O) groups is 1. The van der Waals surface area contributed by atoms with E-state index in [-0.39, 0.29) is 27.6 Å². The summed E-state index contributed by atoms with van der Waals surface area (Å²) in [4.78, 5) is 10.9. The summed E-state index contributed by atoms with van der Waals surface area (Å²) in [5, 5.41) is 20.5. The van der Waals surface area contributed by atoms with Gasteiger partial charge in [-0.2, -0.15) is 8.42 Å². The molecule has 2 N–H and O–H groups in total. The van der Waals surface area contributed by atoms with Gasteiger partial charge in [0.05, 0.1) is 5.56 Å². The Hall–Kier alpha value is -3.62. The highest BCUT2D eigenvalue weighted by Crippen LogP contribution is 2.40. The van der Waals surface area contributed by atoms with Crippen LogP contribution in [0, 0.1) is 0 Å². The van der Waals surface area contributed by atoms with Gasteiger partial charge in [-0.15, -0.1) is 10.2 Å². The molecule has 4 rings (SSSR count). The van der Waals surface area contributed by atoms with Crippen LogP contribution in [0.3, 0.4) is 0 Å². The maximum absolute atomic E-state index is 12.0. The Labute approximate surface area is 165 Å². The van der Waals surface area contributed by atoms with Gasteiger partial charge in [-0.3, -0.25) is 9.35 Å². The van der Waals surface area contributed by atoms with Crippen molar-refractivity contribution in [1.29, 1.82) is 0 Å².